The minimum atomic E-state index is -0.0981. The first-order chi connectivity index (χ1) is 18.7. The van der Waals surface area contributed by atoms with Gasteiger partial charge in [-0.1, -0.05) is 18.2 Å². The molecule has 38 heavy (non-hydrogen) atoms. The van der Waals surface area contributed by atoms with Gasteiger partial charge in [0, 0.05) is 37.0 Å². The van der Waals surface area contributed by atoms with Crippen LogP contribution in [0.25, 0.3) is 22.6 Å². The molecule has 12 heteroatoms. The molecule has 1 aromatic carbocycles. The summed E-state index contributed by atoms with van der Waals surface area (Å²) in [7, 11) is 0. The summed E-state index contributed by atoms with van der Waals surface area (Å²) in [5.74, 6) is 0.960. The van der Waals surface area contributed by atoms with Crippen molar-refractivity contribution in [2.45, 2.75) is 38.3 Å². The fourth-order valence-corrected chi connectivity index (χ4v) is 5.02. The average molecular weight is 510 g/mol. The smallest absolute Gasteiger partial charge is 0.250 e. The quantitative estimate of drug-likeness (QED) is 0.349. The Bertz CT molecular complexity index is 1590. The zero-order chi connectivity index (χ0) is 25.5. The van der Waals surface area contributed by atoms with E-state index >= 15 is 0 Å². The lowest BCUT2D eigenvalue weighted by Crippen LogP contribution is -2.37. The third-order valence-corrected chi connectivity index (χ3v) is 7.01. The molecule has 1 unspecified atom stereocenters. The number of H-pyrrole nitrogens is 1. The van der Waals surface area contributed by atoms with Crippen molar-refractivity contribution in [3.05, 3.63) is 77.6 Å². The van der Waals surface area contributed by atoms with Crippen LogP contribution in [0.3, 0.4) is 0 Å². The molecule has 5 aromatic rings. The topological polar surface area (TPSA) is 152 Å². The summed E-state index contributed by atoms with van der Waals surface area (Å²) >= 11 is 0. The second-order valence-electron chi connectivity index (χ2n) is 9.50. The highest BCUT2D eigenvalue weighted by Gasteiger charge is 2.26. The molecule has 1 aliphatic carbocycles. The molecular formula is C26H23N9O3. The summed E-state index contributed by atoms with van der Waals surface area (Å²) in [6, 6.07) is 8.70. The number of hydrogen-bond donors (Lipinski definition) is 2. The molecule has 2 N–H and O–H groups in total. The maximum Gasteiger partial charge on any atom is 0.250 e. The maximum absolute atomic E-state index is 12.7. The zero-order valence-corrected chi connectivity index (χ0v) is 20.3. The zero-order valence-electron chi connectivity index (χ0n) is 20.3. The van der Waals surface area contributed by atoms with Gasteiger partial charge >= 0.3 is 0 Å². The molecule has 0 spiro atoms. The van der Waals surface area contributed by atoms with E-state index in [2.05, 4.69) is 59.1 Å². The fourth-order valence-electron chi connectivity index (χ4n) is 5.02. The van der Waals surface area contributed by atoms with Gasteiger partial charge in [-0.25, -0.2) is 9.97 Å². The highest BCUT2D eigenvalue weighted by molar-refractivity contribution is 5.78. The Morgan fingerprint density at radius 3 is 2.76 bits per heavy atom. The van der Waals surface area contributed by atoms with Gasteiger partial charge in [-0.15, -0.1) is 10.2 Å². The van der Waals surface area contributed by atoms with Crippen LogP contribution in [0.2, 0.25) is 0 Å². The van der Waals surface area contributed by atoms with Crippen LogP contribution in [0.1, 0.15) is 28.4 Å². The third-order valence-electron chi connectivity index (χ3n) is 7.01. The van der Waals surface area contributed by atoms with Crippen molar-refractivity contribution in [1.82, 2.24) is 40.5 Å². The van der Waals surface area contributed by atoms with Gasteiger partial charge in [0.25, 0.3) is 5.89 Å². The largest absolute Gasteiger partial charge is 0.472 e. The Morgan fingerprint density at radius 2 is 1.89 bits per heavy atom. The molecule has 0 fully saturated rings. The number of hydrogen-bond acceptors (Lipinski definition) is 10. The van der Waals surface area contributed by atoms with Gasteiger partial charge in [0.1, 0.15) is 12.1 Å². The highest BCUT2D eigenvalue weighted by atomic mass is 16.4. The van der Waals surface area contributed by atoms with Gasteiger partial charge in [0.2, 0.25) is 17.7 Å². The summed E-state index contributed by atoms with van der Waals surface area (Å²) in [5.41, 5.74) is 7.16. The Kier molecular flexibility index (Phi) is 5.42. The van der Waals surface area contributed by atoms with Crippen LogP contribution in [0, 0.1) is 0 Å². The molecule has 190 valence electrons. The summed E-state index contributed by atoms with van der Waals surface area (Å²) in [6.07, 6.45) is 9.22. The van der Waals surface area contributed by atoms with E-state index in [1.165, 1.54) is 11.1 Å². The molecule has 1 atom stereocenters. The first-order valence-corrected chi connectivity index (χ1v) is 12.4. The van der Waals surface area contributed by atoms with Crippen molar-refractivity contribution in [2.24, 2.45) is 0 Å². The van der Waals surface area contributed by atoms with E-state index in [9.17, 15) is 4.79 Å². The number of aromatic nitrogens is 7. The van der Waals surface area contributed by atoms with Crippen LogP contribution in [0.5, 0.6) is 0 Å². The van der Waals surface area contributed by atoms with Gasteiger partial charge in [-0.05, 0) is 35.6 Å². The van der Waals surface area contributed by atoms with Gasteiger partial charge in [0.15, 0.2) is 0 Å². The number of benzene rings is 1. The van der Waals surface area contributed by atoms with E-state index < -0.39 is 0 Å². The molecule has 1 amide bonds. The molecule has 4 aromatic heterocycles. The second kappa shape index (κ2) is 9.21. The minimum absolute atomic E-state index is 0.0191. The SMILES string of the molecule is O=C(Cc1nnc(-c2cnc(NC3Cc4ccc(-c5ccoc5)cc4C3)nc2)o1)N1CCc2n[nH]nc2C1. The molecule has 5 heterocycles. The Balaban J connectivity index is 0.965. The van der Waals surface area contributed by atoms with Crippen molar-refractivity contribution < 1.29 is 13.6 Å². The van der Waals surface area contributed by atoms with Crippen LogP contribution in [-0.4, -0.2) is 59.0 Å². The number of amides is 1. The first kappa shape index (κ1) is 22.3. The number of carbonyl (C=O) groups is 1. The van der Waals surface area contributed by atoms with Crippen molar-refractivity contribution in [1.29, 1.82) is 0 Å². The predicted octanol–water partition coefficient (Wildman–Crippen LogP) is 2.61. The van der Waals surface area contributed by atoms with Gasteiger partial charge in [-0.3, -0.25) is 4.79 Å². The van der Waals surface area contributed by atoms with Crippen molar-refractivity contribution in [3.8, 4) is 22.6 Å². The molecule has 12 nitrogen and oxygen atoms in total. The van der Waals surface area contributed by atoms with Gasteiger partial charge < -0.3 is 19.1 Å². The molecule has 2 aliphatic rings. The number of fused-ring (bicyclic) bond motifs is 2. The van der Waals surface area contributed by atoms with E-state index in [0.29, 0.717) is 31.0 Å². The molecular weight excluding hydrogens is 486 g/mol. The molecule has 7 rings (SSSR count). The van der Waals surface area contributed by atoms with Crippen LogP contribution in [0.15, 0.2) is 58.0 Å². The summed E-state index contributed by atoms with van der Waals surface area (Å²) < 4.78 is 10.9. The number of carbonyl (C=O) groups excluding carboxylic acids is 1. The van der Waals surface area contributed by atoms with Crippen LogP contribution >= 0.6 is 0 Å². The van der Waals surface area contributed by atoms with Crippen molar-refractivity contribution in [2.75, 3.05) is 11.9 Å². The second-order valence-corrected chi connectivity index (χ2v) is 9.50. The number of rotatable bonds is 6. The van der Waals surface area contributed by atoms with Crippen LogP contribution in [0.4, 0.5) is 5.95 Å². The minimum Gasteiger partial charge on any atom is -0.472 e. The first-order valence-electron chi connectivity index (χ1n) is 12.4. The molecule has 0 bridgehead atoms. The summed E-state index contributed by atoms with van der Waals surface area (Å²) in [4.78, 5) is 23.3. The molecule has 0 saturated carbocycles. The van der Waals surface area contributed by atoms with Crippen molar-refractivity contribution in [3.63, 3.8) is 0 Å². The Hall–Kier alpha value is -4.87. The normalized spacial score (nSPS) is 16.3. The summed E-state index contributed by atoms with van der Waals surface area (Å²) in [6.45, 7) is 1.00. The van der Waals surface area contributed by atoms with E-state index in [-0.39, 0.29) is 30.2 Å². The highest BCUT2D eigenvalue weighted by Crippen LogP contribution is 2.29. The number of aromatic amines is 1. The lowest BCUT2D eigenvalue weighted by molar-refractivity contribution is -0.131. The van der Waals surface area contributed by atoms with E-state index in [1.54, 1.807) is 29.8 Å². The number of nitrogens with one attached hydrogen (secondary N) is 2. The number of nitrogens with zero attached hydrogens (tertiary/aromatic N) is 7. The molecule has 0 radical (unpaired) electrons. The molecule has 0 saturated heterocycles. The third kappa shape index (κ3) is 4.29. The maximum atomic E-state index is 12.7. The Labute approximate surface area is 216 Å². The molecule has 1 aliphatic heterocycles. The van der Waals surface area contributed by atoms with E-state index in [1.807, 2.05) is 6.07 Å². The lowest BCUT2D eigenvalue weighted by atomic mass is 10.0. The fraction of sp³-hybridized carbons (Fsp3) is 0.269. The lowest BCUT2D eigenvalue weighted by Gasteiger charge is -2.24. The predicted molar refractivity (Wildman–Crippen MR) is 133 cm³/mol. The van der Waals surface area contributed by atoms with Gasteiger partial charge in [-0.2, -0.15) is 15.4 Å². The number of furan rings is 1. The van der Waals surface area contributed by atoms with Crippen LogP contribution < -0.4 is 5.32 Å². The number of anilines is 1. The van der Waals surface area contributed by atoms with Crippen molar-refractivity contribution >= 4 is 11.9 Å². The summed E-state index contributed by atoms with van der Waals surface area (Å²) in [5, 5.41) is 22.3. The van der Waals surface area contributed by atoms with Gasteiger partial charge in [0.05, 0.1) is 30.3 Å². The van der Waals surface area contributed by atoms with E-state index in [0.717, 1.165) is 35.4 Å². The standard InChI is InChI=1S/C26H23N9O3/c36-24(35-5-3-21-22(13-35)31-34-30-21)10-23-32-33-25(38-23)19-11-27-26(28-12-19)29-20-8-16-2-1-15(7-18(16)9-20)17-4-6-37-14-17/h1-2,4,6-7,11-12,14,20H,3,5,8-10,13H2,(H,27,28,29)(H,30,31,34). The monoisotopic (exact) mass is 509 g/mol. The average Bonchev–Trinajstić information content (AvgIpc) is 3.75. The van der Waals surface area contributed by atoms with E-state index in [4.69, 9.17) is 8.83 Å². The van der Waals surface area contributed by atoms with Crippen LogP contribution in [-0.2, 0) is 37.0 Å². The Morgan fingerprint density at radius 1 is 1.03 bits per heavy atom.